The van der Waals surface area contributed by atoms with Gasteiger partial charge in [-0.3, -0.25) is 9.48 Å². The number of nitrogens with two attached hydrogens (primary N) is 1. The Balaban J connectivity index is 1.55. The number of fused-ring (bicyclic) bond motifs is 1. The van der Waals surface area contributed by atoms with Gasteiger partial charge in [0.15, 0.2) is 0 Å². The summed E-state index contributed by atoms with van der Waals surface area (Å²) in [5, 5.41) is 6.93. The number of primary amides is 1. The molecule has 0 bridgehead atoms. The van der Waals surface area contributed by atoms with Crippen LogP contribution in [0.3, 0.4) is 0 Å². The highest BCUT2D eigenvalue weighted by Gasteiger charge is 2.30. The van der Waals surface area contributed by atoms with E-state index in [0.717, 1.165) is 0 Å². The van der Waals surface area contributed by atoms with E-state index in [0.29, 0.717) is 11.3 Å². The number of benzene rings is 2. The molecule has 0 saturated heterocycles. The van der Waals surface area contributed by atoms with Crippen molar-refractivity contribution in [1.82, 2.24) is 14.7 Å². The second-order valence-corrected chi connectivity index (χ2v) is 7.55. The van der Waals surface area contributed by atoms with E-state index in [1.54, 1.807) is 10.7 Å². The lowest BCUT2D eigenvalue weighted by Gasteiger charge is -2.28. The molecule has 1 aliphatic heterocycles. The number of halogens is 4. The van der Waals surface area contributed by atoms with Crippen LogP contribution in [0.5, 0.6) is 5.75 Å². The average molecular weight is 480 g/mol. The molecule has 0 unspecified atom stereocenters. The van der Waals surface area contributed by atoms with Crippen LogP contribution in [0, 0.1) is 5.82 Å². The Labute approximate surface area is 190 Å². The van der Waals surface area contributed by atoms with Crippen molar-refractivity contribution in [2.75, 3.05) is 11.9 Å². The minimum Gasteiger partial charge on any atom is -0.433 e. The third kappa shape index (κ3) is 4.72. The first-order chi connectivity index (χ1) is 15.7. The van der Waals surface area contributed by atoms with E-state index in [2.05, 4.69) is 15.2 Å². The van der Waals surface area contributed by atoms with Crippen LogP contribution in [0.4, 0.5) is 23.7 Å². The maximum absolute atomic E-state index is 13.7. The van der Waals surface area contributed by atoms with E-state index in [4.69, 9.17) is 17.3 Å². The van der Waals surface area contributed by atoms with E-state index in [9.17, 15) is 22.8 Å². The molecule has 0 atom stereocenters. The lowest BCUT2D eigenvalue weighted by molar-refractivity contribution is -0.0497. The molecule has 0 radical (unpaired) electrons. The number of carbonyl (C=O) groups is 2. The van der Waals surface area contributed by atoms with E-state index >= 15 is 0 Å². The van der Waals surface area contributed by atoms with Gasteiger partial charge in [-0.15, -0.1) is 0 Å². The number of hydrogen-bond acceptors (Lipinski definition) is 4. The number of nitrogens with zero attached hydrogens (tertiary/aromatic N) is 3. The van der Waals surface area contributed by atoms with Crippen molar-refractivity contribution in [1.29, 1.82) is 0 Å². The van der Waals surface area contributed by atoms with Crippen molar-refractivity contribution < 1.29 is 27.5 Å². The monoisotopic (exact) mass is 479 g/mol. The van der Waals surface area contributed by atoms with E-state index in [-0.39, 0.29) is 47.4 Å². The van der Waals surface area contributed by atoms with Crippen LogP contribution < -0.4 is 15.8 Å². The Kier molecular flexibility index (Phi) is 6.14. The minimum absolute atomic E-state index is 0.0206. The molecule has 0 spiro atoms. The largest absolute Gasteiger partial charge is 0.433 e. The van der Waals surface area contributed by atoms with Gasteiger partial charge in [-0.05, 0) is 30.3 Å². The Morgan fingerprint density at radius 3 is 2.64 bits per heavy atom. The van der Waals surface area contributed by atoms with Gasteiger partial charge >= 0.3 is 12.6 Å². The number of carbonyl (C=O) groups excluding carboxylic acids is 2. The van der Waals surface area contributed by atoms with Crippen molar-refractivity contribution in [3.63, 3.8) is 0 Å². The molecule has 1 aromatic heterocycles. The average Bonchev–Trinajstić information content (AvgIpc) is 3.14. The summed E-state index contributed by atoms with van der Waals surface area (Å²) in [6, 6.07) is 8.98. The van der Waals surface area contributed by atoms with Crippen LogP contribution in [-0.2, 0) is 13.1 Å². The molecular formula is C21H17ClF3N5O3. The zero-order valence-corrected chi connectivity index (χ0v) is 17.7. The highest BCUT2D eigenvalue weighted by Crippen LogP contribution is 2.31. The molecule has 3 N–H and O–H groups in total. The molecule has 0 saturated carbocycles. The third-order valence-electron chi connectivity index (χ3n) is 5.01. The molecule has 3 amide bonds. The molecule has 2 heterocycles. The topological polar surface area (TPSA) is 102 Å². The SMILES string of the molecule is NC(=O)c1c(-c2cccc(F)c2)nn2c1CN(C(=O)Nc1ccc(OC(F)F)c(Cl)c1)CC2. The first-order valence-electron chi connectivity index (χ1n) is 9.68. The third-order valence-corrected chi connectivity index (χ3v) is 5.31. The van der Waals surface area contributed by atoms with Crippen molar-refractivity contribution in [3.8, 4) is 17.0 Å². The van der Waals surface area contributed by atoms with Crippen LogP contribution >= 0.6 is 11.6 Å². The molecule has 0 aliphatic carbocycles. The first-order valence-corrected chi connectivity index (χ1v) is 10.1. The quantitative estimate of drug-likeness (QED) is 0.575. The fourth-order valence-electron chi connectivity index (χ4n) is 3.56. The van der Waals surface area contributed by atoms with Crippen molar-refractivity contribution in [3.05, 3.63) is 64.6 Å². The lowest BCUT2D eigenvalue weighted by atomic mass is 10.0. The summed E-state index contributed by atoms with van der Waals surface area (Å²) < 4.78 is 44.3. The van der Waals surface area contributed by atoms with Crippen molar-refractivity contribution in [2.45, 2.75) is 19.7 Å². The predicted octanol–water partition coefficient (Wildman–Crippen LogP) is 4.09. The summed E-state index contributed by atoms with van der Waals surface area (Å²) in [5.41, 5.74) is 7.00. The summed E-state index contributed by atoms with van der Waals surface area (Å²) >= 11 is 5.92. The Morgan fingerprint density at radius 1 is 1.18 bits per heavy atom. The van der Waals surface area contributed by atoms with Crippen molar-refractivity contribution >= 4 is 29.2 Å². The maximum Gasteiger partial charge on any atom is 0.387 e. The summed E-state index contributed by atoms with van der Waals surface area (Å²) in [7, 11) is 0. The molecule has 1 aliphatic rings. The second-order valence-electron chi connectivity index (χ2n) is 7.14. The molecule has 0 fully saturated rings. The summed E-state index contributed by atoms with van der Waals surface area (Å²) in [5.74, 6) is -1.46. The molecular weight excluding hydrogens is 463 g/mol. The smallest absolute Gasteiger partial charge is 0.387 e. The fourth-order valence-corrected chi connectivity index (χ4v) is 3.79. The molecule has 172 valence electrons. The summed E-state index contributed by atoms with van der Waals surface area (Å²) in [6.45, 7) is -2.47. The number of rotatable bonds is 5. The zero-order chi connectivity index (χ0) is 23.7. The van der Waals surface area contributed by atoms with Gasteiger partial charge in [-0.2, -0.15) is 13.9 Å². The van der Waals surface area contributed by atoms with Crippen LogP contribution in [0.15, 0.2) is 42.5 Å². The normalized spacial score (nSPS) is 13.1. The fraction of sp³-hybridized carbons (Fsp3) is 0.190. The maximum atomic E-state index is 13.7. The Bertz CT molecular complexity index is 1230. The number of alkyl halides is 2. The molecule has 12 heteroatoms. The van der Waals surface area contributed by atoms with Gasteiger partial charge in [0.25, 0.3) is 5.91 Å². The van der Waals surface area contributed by atoms with Gasteiger partial charge in [-0.25, -0.2) is 9.18 Å². The van der Waals surface area contributed by atoms with Gasteiger partial charge in [0.1, 0.15) is 17.3 Å². The number of ether oxygens (including phenoxy) is 1. The standard InChI is InChI=1S/C21H17ClF3N5O3/c22-14-9-13(4-5-16(14)33-20(24)25)27-21(32)29-6-7-30-15(10-29)17(19(26)31)18(28-30)11-2-1-3-12(23)8-11/h1-5,8-9,20H,6-7,10H2,(H2,26,31)(H,27,32). The number of aromatic nitrogens is 2. The molecule has 3 aromatic rings. The van der Waals surface area contributed by atoms with Crippen LogP contribution in [0.1, 0.15) is 16.1 Å². The van der Waals surface area contributed by atoms with Crippen LogP contribution in [-0.4, -0.2) is 39.8 Å². The number of nitrogens with one attached hydrogen (secondary N) is 1. The number of hydrogen-bond donors (Lipinski definition) is 2. The summed E-state index contributed by atoms with van der Waals surface area (Å²) in [4.78, 5) is 26.4. The van der Waals surface area contributed by atoms with Crippen molar-refractivity contribution in [2.24, 2.45) is 5.73 Å². The van der Waals surface area contributed by atoms with E-state index in [1.807, 2.05) is 0 Å². The van der Waals surface area contributed by atoms with Gasteiger partial charge in [0.05, 0.1) is 29.4 Å². The first kappa shape index (κ1) is 22.5. The molecule has 2 aromatic carbocycles. The summed E-state index contributed by atoms with van der Waals surface area (Å²) in [6.07, 6.45) is 0. The Hall–Kier alpha value is -3.73. The van der Waals surface area contributed by atoms with Gasteiger partial charge in [0, 0.05) is 17.8 Å². The number of amides is 3. The predicted molar refractivity (Wildman–Crippen MR) is 114 cm³/mol. The molecule has 33 heavy (non-hydrogen) atoms. The lowest BCUT2D eigenvalue weighted by Crippen LogP contribution is -2.41. The van der Waals surface area contributed by atoms with E-state index in [1.165, 1.54) is 41.3 Å². The number of anilines is 1. The highest BCUT2D eigenvalue weighted by atomic mass is 35.5. The second kappa shape index (κ2) is 9.02. The zero-order valence-electron chi connectivity index (χ0n) is 16.9. The molecule has 8 nitrogen and oxygen atoms in total. The van der Waals surface area contributed by atoms with Crippen LogP contribution in [0.2, 0.25) is 5.02 Å². The van der Waals surface area contributed by atoms with Crippen LogP contribution in [0.25, 0.3) is 11.3 Å². The molecule has 4 rings (SSSR count). The van der Waals surface area contributed by atoms with Gasteiger partial charge < -0.3 is 20.7 Å². The van der Waals surface area contributed by atoms with Gasteiger partial charge in [-0.1, -0.05) is 23.7 Å². The minimum atomic E-state index is -3.03. The Morgan fingerprint density at radius 2 is 1.97 bits per heavy atom. The highest BCUT2D eigenvalue weighted by molar-refractivity contribution is 6.32. The van der Waals surface area contributed by atoms with E-state index < -0.39 is 24.4 Å². The van der Waals surface area contributed by atoms with Gasteiger partial charge in [0.2, 0.25) is 0 Å². The number of urea groups is 1.